The molecule has 0 saturated carbocycles. The highest BCUT2D eigenvalue weighted by atomic mass is 35.5. The van der Waals surface area contributed by atoms with Crippen LogP contribution in [-0.2, 0) is 10.0 Å². The second-order valence-electron chi connectivity index (χ2n) is 6.34. The van der Waals surface area contributed by atoms with Gasteiger partial charge in [0.1, 0.15) is 17.3 Å². The largest absolute Gasteiger partial charge is 0.345 e. The highest BCUT2D eigenvalue weighted by molar-refractivity contribution is 7.92. The lowest BCUT2D eigenvalue weighted by molar-refractivity contribution is 0.103. The van der Waals surface area contributed by atoms with E-state index in [9.17, 15) is 22.0 Å². The number of rotatable bonds is 5. The van der Waals surface area contributed by atoms with E-state index in [0.717, 1.165) is 36.4 Å². The third-order valence-electron chi connectivity index (χ3n) is 4.33. The fraction of sp³-hybridized carbons (Fsp3) is 0. The number of pyridine rings is 1. The predicted molar refractivity (Wildman–Crippen MR) is 108 cm³/mol. The molecule has 6 nitrogen and oxygen atoms in total. The number of fused-ring (bicyclic) bond motifs is 1. The average Bonchev–Trinajstić information content (AvgIpc) is 3.12. The molecule has 0 saturated heterocycles. The number of halogens is 3. The summed E-state index contributed by atoms with van der Waals surface area (Å²) in [5, 5.41) is 0.710. The third kappa shape index (κ3) is 3.77. The Morgan fingerprint density at radius 2 is 1.77 bits per heavy atom. The van der Waals surface area contributed by atoms with E-state index in [1.165, 1.54) is 24.5 Å². The first kappa shape index (κ1) is 20.0. The molecule has 0 atom stereocenters. The number of anilines is 1. The molecule has 10 heteroatoms. The summed E-state index contributed by atoms with van der Waals surface area (Å²) >= 11 is 5.93. The summed E-state index contributed by atoms with van der Waals surface area (Å²) in [6.45, 7) is 0. The monoisotopic (exact) mass is 447 g/mol. The zero-order valence-corrected chi connectivity index (χ0v) is 16.6. The number of benzene rings is 2. The van der Waals surface area contributed by atoms with Gasteiger partial charge >= 0.3 is 0 Å². The summed E-state index contributed by atoms with van der Waals surface area (Å²) in [5.41, 5.74) is 0.170. The zero-order chi connectivity index (χ0) is 21.5. The summed E-state index contributed by atoms with van der Waals surface area (Å²) in [6.07, 6.45) is 2.78. The SMILES string of the molecule is O=C(c1cc(NS(=O)(=O)c2ccc(F)cc2)ccc1F)c1c[nH]c2ncc(Cl)cc12. The molecule has 0 fully saturated rings. The quantitative estimate of drug-likeness (QED) is 0.440. The smallest absolute Gasteiger partial charge is 0.261 e. The van der Waals surface area contributed by atoms with Gasteiger partial charge < -0.3 is 4.98 Å². The highest BCUT2D eigenvalue weighted by Gasteiger charge is 2.21. The Morgan fingerprint density at radius 1 is 1.03 bits per heavy atom. The van der Waals surface area contributed by atoms with Crippen LogP contribution in [0.15, 0.2) is 65.8 Å². The van der Waals surface area contributed by atoms with Gasteiger partial charge in [-0.25, -0.2) is 22.2 Å². The molecule has 0 unspecified atom stereocenters. The van der Waals surface area contributed by atoms with E-state index in [1.54, 1.807) is 0 Å². The number of H-pyrrole nitrogens is 1. The molecule has 0 aliphatic heterocycles. The minimum atomic E-state index is -4.06. The number of sulfonamides is 1. The number of nitrogens with one attached hydrogen (secondary N) is 2. The van der Waals surface area contributed by atoms with Gasteiger partial charge in [-0.3, -0.25) is 9.52 Å². The van der Waals surface area contributed by atoms with Crippen LogP contribution in [0, 0.1) is 11.6 Å². The Kier molecular flexibility index (Phi) is 5.00. The lowest BCUT2D eigenvalue weighted by atomic mass is 10.0. The van der Waals surface area contributed by atoms with E-state index in [-0.39, 0.29) is 21.7 Å². The Balaban J connectivity index is 1.70. The maximum atomic E-state index is 14.4. The van der Waals surface area contributed by atoms with Crippen molar-refractivity contribution in [1.29, 1.82) is 0 Å². The molecule has 4 rings (SSSR count). The Bertz CT molecular complexity index is 1390. The maximum Gasteiger partial charge on any atom is 0.261 e. The van der Waals surface area contributed by atoms with Crippen LogP contribution in [-0.4, -0.2) is 24.2 Å². The summed E-state index contributed by atoms with van der Waals surface area (Å²) in [5.74, 6) is -2.09. The average molecular weight is 448 g/mol. The molecule has 0 aliphatic rings. The molecular weight excluding hydrogens is 436 g/mol. The molecule has 2 heterocycles. The van der Waals surface area contributed by atoms with Gasteiger partial charge in [-0.15, -0.1) is 0 Å². The van der Waals surface area contributed by atoms with Crippen molar-refractivity contribution in [2.45, 2.75) is 4.90 Å². The van der Waals surface area contributed by atoms with Crippen LogP contribution < -0.4 is 4.72 Å². The van der Waals surface area contributed by atoms with Gasteiger partial charge in [0.25, 0.3) is 10.0 Å². The fourth-order valence-electron chi connectivity index (χ4n) is 2.90. The molecule has 30 heavy (non-hydrogen) atoms. The van der Waals surface area contributed by atoms with Crippen LogP contribution in [0.1, 0.15) is 15.9 Å². The van der Waals surface area contributed by atoms with Crippen molar-refractivity contribution >= 4 is 44.1 Å². The van der Waals surface area contributed by atoms with Gasteiger partial charge in [0.2, 0.25) is 0 Å². The van der Waals surface area contributed by atoms with Gasteiger partial charge in [0, 0.05) is 29.0 Å². The molecule has 0 radical (unpaired) electrons. The molecule has 152 valence electrons. The molecule has 2 aromatic carbocycles. The van der Waals surface area contributed by atoms with Crippen LogP contribution >= 0.6 is 11.6 Å². The number of ketones is 1. The number of nitrogens with zero attached hydrogens (tertiary/aromatic N) is 1. The third-order valence-corrected chi connectivity index (χ3v) is 5.93. The molecule has 2 aromatic heterocycles. The first-order valence-corrected chi connectivity index (χ1v) is 10.4. The minimum absolute atomic E-state index is 0.0277. The standard InChI is InChI=1S/C20H12ClF2N3O3S/c21-11-7-15-17(10-25-20(15)24-9-11)19(27)16-8-13(3-6-18(16)23)26-30(28,29)14-4-1-12(22)2-5-14/h1-10,26H,(H,24,25). The number of carbonyl (C=O) groups excluding carboxylic acids is 1. The molecule has 4 aromatic rings. The van der Waals surface area contributed by atoms with Gasteiger partial charge in [0.05, 0.1) is 15.5 Å². The Labute approximate surface area is 174 Å². The Morgan fingerprint density at radius 3 is 2.50 bits per heavy atom. The lowest BCUT2D eigenvalue weighted by Gasteiger charge is -2.10. The molecule has 0 aliphatic carbocycles. The van der Waals surface area contributed by atoms with Crippen LogP contribution in [0.3, 0.4) is 0 Å². The molecule has 2 N–H and O–H groups in total. The maximum absolute atomic E-state index is 14.4. The molecule has 0 amide bonds. The number of aromatic amines is 1. The van der Waals surface area contributed by atoms with Crippen molar-refractivity contribution in [3.05, 3.63) is 88.7 Å². The lowest BCUT2D eigenvalue weighted by Crippen LogP contribution is -2.14. The van der Waals surface area contributed by atoms with E-state index in [2.05, 4.69) is 14.7 Å². The summed E-state index contributed by atoms with van der Waals surface area (Å²) in [6, 6.07) is 8.97. The van der Waals surface area contributed by atoms with Crippen molar-refractivity contribution in [1.82, 2.24) is 9.97 Å². The predicted octanol–water partition coefficient (Wildman–Crippen LogP) is 4.53. The van der Waals surface area contributed by atoms with E-state index >= 15 is 0 Å². The number of hydrogen-bond acceptors (Lipinski definition) is 4. The van der Waals surface area contributed by atoms with E-state index < -0.39 is 27.4 Å². The minimum Gasteiger partial charge on any atom is -0.345 e. The van der Waals surface area contributed by atoms with Crippen molar-refractivity contribution < 1.29 is 22.0 Å². The van der Waals surface area contributed by atoms with E-state index in [4.69, 9.17) is 11.6 Å². The highest BCUT2D eigenvalue weighted by Crippen LogP contribution is 2.26. The van der Waals surface area contributed by atoms with Crippen LogP contribution in [0.5, 0.6) is 0 Å². The Hall–Kier alpha value is -3.30. The van der Waals surface area contributed by atoms with Gasteiger partial charge in [-0.1, -0.05) is 11.6 Å². The summed E-state index contributed by atoms with van der Waals surface area (Å²) in [7, 11) is -4.06. The number of hydrogen-bond donors (Lipinski definition) is 2. The summed E-state index contributed by atoms with van der Waals surface area (Å²) < 4.78 is 54.7. The fourth-order valence-corrected chi connectivity index (χ4v) is 4.11. The topological polar surface area (TPSA) is 91.9 Å². The van der Waals surface area contributed by atoms with Gasteiger partial charge in [-0.05, 0) is 48.5 Å². The summed E-state index contributed by atoms with van der Waals surface area (Å²) in [4.78, 5) is 19.6. The molecule has 0 spiro atoms. The van der Waals surface area contributed by atoms with Crippen LogP contribution in [0.2, 0.25) is 5.02 Å². The second kappa shape index (κ2) is 7.51. The number of carbonyl (C=O) groups is 1. The number of aromatic nitrogens is 2. The van der Waals surface area contributed by atoms with Crippen molar-refractivity contribution in [2.24, 2.45) is 0 Å². The van der Waals surface area contributed by atoms with E-state index in [0.29, 0.717) is 16.1 Å². The zero-order valence-electron chi connectivity index (χ0n) is 15.0. The molecule has 0 bridgehead atoms. The second-order valence-corrected chi connectivity index (χ2v) is 8.45. The van der Waals surface area contributed by atoms with Crippen molar-refractivity contribution in [3.8, 4) is 0 Å². The van der Waals surface area contributed by atoms with Gasteiger partial charge in [0.15, 0.2) is 5.78 Å². The normalized spacial score (nSPS) is 11.6. The van der Waals surface area contributed by atoms with Crippen molar-refractivity contribution in [2.75, 3.05) is 4.72 Å². The van der Waals surface area contributed by atoms with Crippen LogP contribution in [0.25, 0.3) is 11.0 Å². The van der Waals surface area contributed by atoms with E-state index in [1.807, 2.05) is 0 Å². The van der Waals surface area contributed by atoms with Crippen molar-refractivity contribution in [3.63, 3.8) is 0 Å². The molecular formula is C20H12ClF2N3O3S. The van der Waals surface area contributed by atoms with Gasteiger partial charge in [-0.2, -0.15) is 0 Å². The first-order chi connectivity index (χ1) is 14.2. The first-order valence-electron chi connectivity index (χ1n) is 8.50. The van der Waals surface area contributed by atoms with Crippen LogP contribution in [0.4, 0.5) is 14.5 Å².